The lowest BCUT2D eigenvalue weighted by atomic mass is 10.1. The summed E-state index contributed by atoms with van der Waals surface area (Å²) >= 11 is 0. The third-order valence-electron chi connectivity index (χ3n) is 6.43. The van der Waals surface area contributed by atoms with Gasteiger partial charge in [-0.05, 0) is 83.9 Å². The maximum Gasteiger partial charge on any atom is 0.154 e. The number of rotatable bonds is 9. The minimum Gasteiger partial charge on any atom is -0.457 e. The molecule has 0 aliphatic heterocycles. The van der Waals surface area contributed by atoms with E-state index in [4.69, 9.17) is 30.4 Å². The number of ether oxygens (including phenoxy) is 4. The molecule has 42 heavy (non-hydrogen) atoms. The van der Waals surface area contributed by atoms with Crippen LogP contribution in [0, 0.1) is 0 Å². The zero-order chi connectivity index (χ0) is 28.7. The SMILES string of the molecule is Nc1ccc(Oc2ccc(-c3ccc(Oc4ccc(N)c(Oc5ccccc5)c4)cc3)cc2)cc1Oc1ccccc1. The van der Waals surface area contributed by atoms with Crippen molar-refractivity contribution in [1.82, 2.24) is 0 Å². The van der Waals surface area contributed by atoms with Crippen molar-refractivity contribution in [3.05, 3.63) is 146 Å². The molecule has 4 N–H and O–H groups in total. The van der Waals surface area contributed by atoms with Crippen molar-refractivity contribution in [3.63, 3.8) is 0 Å². The first-order valence-electron chi connectivity index (χ1n) is 13.4. The van der Waals surface area contributed by atoms with Crippen molar-refractivity contribution >= 4 is 11.4 Å². The molecule has 6 nitrogen and oxygen atoms in total. The number of nitrogens with two attached hydrogens (primary N) is 2. The van der Waals surface area contributed by atoms with Crippen molar-refractivity contribution in [3.8, 4) is 57.1 Å². The van der Waals surface area contributed by atoms with Crippen molar-refractivity contribution in [1.29, 1.82) is 0 Å². The smallest absolute Gasteiger partial charge is 0.154 e. The molecule has 0 spiro atoms. The molecule has 0 atom stereocenters. The zero-order valence-electron chi connectivity index (χ0n) is 22.6. The van der Waals surface area contributed by atoms with Gasteiger partial charge in [0.05, 0.1) is 11.4 Å². The van der Waals surface area contributed by atoms with Gasteiger partial charge in [0, 0.05) is 12.1 Å². The lowest BCUT2D eigenvalue weighted by Gasteiger charge is -2.12. The molecule has 0 aliphatic carbocycles. The predicted octanol–water partition coefficient (Wildman–Crippen LogP) is 9.69. The van der Waals surface area contributed by atoms with Crippen molar-refractivity contribution < 1.29 is 18.9 Å². The average Bonchev–Trinajstić information content (AvgIpc) is 3.02. The van der Waals surface area contributed by atoms with Crippen LogP contribution in [0.25, 0.3) is 11.1 Å². The minimum absolute atomic E-state index is 0.534. The van der Waals surface area contributed by atoms with Gasteiger partial charge >= 0.3 is 0 Å². The Morgan fingerprint density at radius 3 is 1.02 bits per heavy atom. The molecule has 0 fully saturated rings. The van der Waals surface area contributed by atoms with Crippen molar-refractivity contribution in [2.45, 2.75) is 0 Å². The second kappa shape index (κ2) is 12.1. The van der Waals surface area contributed by atoms with Gasteiger partial charge in [-0.15, -0.1) is 0 Å². The van der Waals surface area contributed by atoms with E-state index in [1.807, 2.05) is 121 Å². The third kappa shape index (κ3) is 6.46. The number of benzene rings is 6. The van der Waals surface area contributed by atoms with E-state index in [-0.39, 0.29) is 0 Å². The monoisotopic (exact) mass is 552 g/mol. The first-order chi connectivity index (χ1) is 20.6. The highest BCUT2D eigenvalue weighted by atomic mass is 16.5. The topological polar surface area (TPSA) is 89.0 Å². The average molecular weight is 553 g/mol. The molecule has 0 heterocycles. The van der Waals surface area contributed by atoms with Crippen LogP contribution in [0.3, 0.4) is 0 Å². The molecule has 6 aromatic rings. The first-order valence-corrected chi connectivity index (χ1v) is 13.4. The van der Waals surface area contributed by atoms with Gasteiger partial charge in [-0.2, -0.15) is 0 Å². The van der Waals surface area contributed by atoms with Gasteiger partial charge in [-0.3, -0.25) is 0 Å². The summed E-state index contributed by atoms with van der Waals surface area (Å²) in [6.07, 6.45) is 0. The first kappa shape index (κ1) is 26.3. The van der Waals surface area contributed by atoms with Crippen LogP contribution >= 0.6 is 0 Å². The van der Waals surface area contributed by atoms with Gasteiger partial charge in [-0.1, -0.05) is 60.7 Å². The molecule has 0 saturated heterocycles. The summed E-state index contributed by atoms with van der Waals surface area (Å²) in [5.74, 6) is 5.15. The number of hydrogen-bond donors (Lipinski definition) is 2. The quantitative estimate of drug-likeness (QED) is 0.174. The third-order valence-corrected chi connectivity index (χ3v) is 6.43. The molecule has 0 saturated carbocycles. The van der Waals surface area contributed by atoms with Crippen LogP contribution in [0.4, 0.5) is 11.4 Å². The van der Waals surface area contributed by atoms with Gasteiger partial charge < -0.3 is 30.4 Å². The highest BCUT2D eigenvalue weighted by Gasteiger charge is 2.09. The zero-order valence-corrected chi connectivity index (χ0v) is 22.6. The van der Waals surface area contributed by atoms with E-state index in [0.717, 1.165) is 11.1 Å². The number of anilines is 2. The summed E-state index contributed by atoms with van der Waals surface area (Å²) in [5.41, 5.74) is 15.4. The Morgan fingerprint density at radius 1 is 0.310 bits per heavy atom. The van der Waals surface area contributed by atoms with E-state index in [2.05, 4.69) is 0 Å². The molecule has 6 heteroatoms. The van der Waals surface area contributed by atoms with Gasteiger partial charge in [0.1, 0.15) is 34.5 Å². The molecule has 6 rings (SSSR count). The molecular formula is C36H28N2O4. The Hall–Kier alpha value is -5.88. The second-order valence-corrected chi connectivity index (χ2v) is 9.48. The lowest BCUT2D eigenvalue weighted by molar-refractivity contribution is 0.461. The van der Waals surface area contributed by atoms with Crippen LogP contribution in [0.2, 0.25) is 0 Å². The summed E-state index contributed by atoms with van der Waals surface area (Å²) < 4.78 is 24.0. The molecule has 0 radical (unpaired) electrons. The fourth-order valence-electron chi connectivity index (χ4n) is 4.27. The largest absolute Gasteiger partial charge is 0.457 e. The Morgan fingerprint density at radius 2 is 0.643 bits per heavy atom. The summed E-state index contributed by atoms with van der Waals surface area (Å²) in [6, 6.07) is 45.5. The second-order valence-electron chi connectivity index (χ2n) is 9.48. The van der Waals surface area contributed by atoms with Gasteiger partial charge in [0.2, 0.25) is 0 Å². The predicted molar refractivity (Wildman–Crippen MR) is 167 cm³/mol. The number of para-hydroxylation sites is 2. The van der Waals surface area contributed by atoms with Crippen molar-refractivity contribution in [2.24, 2.45) is 0 Å². The Bertz CT molecular complexity index is 1640. The Kier molecular flexibility index (Phi) is 7.59. The summed E-state index contributed by atoms with van der Waals surface area (Å²) in [6.45, 7) is 0. The number of nitrogen functional groups attached to an aromatic ring is 2. The standard InChI is InChI=1S/C36H28N2O4/c37-33-21-19-31(23-35(33)41-27-7-3-1-4-8-27)39-29-15-11-25(12-16-29)26-13-17-30(18-14-26)40-32-20-22-34(38)36(24-32)42-28-9-5-2-6-10-28/h1-24H,37-38H2. The number of hydrogen-bond acceptors (Lipinski definition) is 6. The Balaban J connectivity index is 1.10. The molecule has 0 aliphatic rings. The molecule has 0 unspecified atom stereocenters. The van der Waals surface area contributed by atoms with E-state index in [1.165, 1.54) is 0 Å². The lowest BCUT2D eigenvalue weighted by Crippen LogP contribution is -1.93. The molecule has 6 aromatic carbocycles. The summed E-state index contributed by atoms with van der Waals surface area (Å²) in [4.78, 5) is 0. The van der Waals surface area contributed by atoms with Gasteiger partial charge in [0.15, 0.2) is 11.5 Å². The van der Waals surface area contributed by atoms with Crippen LogP contribution in [-0.4, -0.2) is 0 Å². The van der Waals surface area contributed by atoms with Crippen LogP contribution in [0.15, 0.2) is 146 Å². The van der Waals surface area contributed by atoms with E-state index in [9.17, 15) is 0 Å². The summed E-state index contributed by atoms with van der Waals surface area (Å²) in [5, 5.41) is 0. The molecule has 0 amide bonds. The molecule has 206 valence electrons. The van der Waals surface area contributed by atoms with Crippen LogP contribution in [0.5, 0.6) is 46.0 Å². The van der Waals surface area contributed by atoms with E-state index in [0.29, 0.717) is 57.4 Å². The van der Waals surface area contributed by atoms with Gasteiger partial charge in [0.25, 0.3) is 0 Å². The fourth-order valence-corrected chi connectivity index (χ4v) is 4.27. The maximum absolute atomic E-state index is 6.11. The Labute approximate surface area is 244 Å². The van der Waals surface area contributed by atoms with E-state index >= 15 is 0 Å². The molecule has 0 aromatic heterocycles. The van der Waals surface area contributed by atoms with Crippen molar-refractivity contribution in [2.75, 3.05) is 11.5 Å². The minimum atomic E-state index is 0.534. The normalized spacial score (nSPS) is 10.6. The highest BCUT2D eigenvalue weighted by Crippen LogP contribution is 2.35. The van der Waals surface area contributed by atoms with Crippen LogP contribution in [0.1, 0.15) is 0 Å². The van der Waals surface area contributed by atoms with E-state index in [1.54, 1.807) is 24.3 Å². The maximum atomic E-state index is 6.11. The van der Waals surface area contributed by atoms with Gasteiger partial charge in [-0.25, -0.2) is 0 Å². The molecule has 0 bridgehead atoms. The molecular weight excluding hydrogens is 524 g/mol. The van der Waals surface area contributed by atoms with Crippen LogP contribution < -0.4 is 30.4 Å². The summed E-state index contributed by atoms with van der Waals surface area (Å²) in [7, 11) is 0. The fraction of sp³-hybridized carbons (Fsp3) is 0. The highest BCUT2D eigenvalue weighted by molar-refractivity contribution is 5.65. The van der Waals surface area contributed by atoms with E-state index < -0.39 is 0 Å². The van der Waals surface area contributed by atoms with Crippen LogP contribution in [-0.2, 0) is 0 Å².